The van der Waals surface area contributed by atoms with Gasteiger partial charge in [0.1, 0.15) is 5.69 Å². The molecule has 1 aliphatic rings. The second-order valence-electron chi connectivity index (χ2n) is 4.80. The molecule has 1 saturated carbocycles. The molecule has 0 spiro atoms. The summed E-state index contributed by atoms with van der Waals surface area (Å²) in [4.78, 5) is 12.0. The zero-order valence-electron chi connectivity index (χ0n) is 11.1. The molecule has 0 aromatic heterocycles. The molecule has 2 atom stereocenters. The SMILES string of the molecule is COC1CCC(NC(=O)c2cc(F)c(NN)c(F)c2)C1. The Kier molecular flexibility index (Phi) is 4.51. The first-order chi connectivity index (χ1) is 9.55. The van der Waals surface area contributed by atoms with Gasteiger partial charge < -0.3 is 15.5 Å². The highest BCUT2D eigenvalue weighted by Gasteiger charge is 2.26. The highest BCUT2D eigenvalue weighted by atomic mass is 19.1. The smallest absolute Gasteiger partial charge is 0.251 e. The number of hydrogen-bond donors (Lipinski definition) is 3. The van der Waals surface area contributed by atoms with Gasteiger partial charge in [0.2, 0.25) is 0 Å². The molecule has 0 saturated heterocycles. The number of carbonyl (C=O) groups excluding carboxylic acids is 1. The molecule has 7 heteroatoms. The first-order valence-electron chi connectivity index (χ1n) is 6.34. The molecule has 2 rings (SSSR count). The third-order valence-electron chi connectivity index (χ3n) is 3.50. The van der Waals surface area contributed by atoms with Crippen molar-refractivity contribution >= 4 is 11.6 Å². The average molecular weight is 285 g/mol. The third-order valence-corrected chi connectivity index (χ3v) is 3.50. The molecular formula is C13H17F2N3O2. The lowest BCUT2D eigenvalue weighted by Gasteiger charge is -2.13. The molecular weight excluding hydrogens is 268 g/mol. The van der Waals surface area contributed by atoms with Crippen LogP contribution in [0.4, 0.5) is 14.5 Å². The lowest BCUT2D eigenvalue weighted by Crippen LogP contribution is -2.33. The molecule has 1 aliphatic carbocycles. The van der Waals surface area contributed by atoms with Crippen LogP contribution < -0.4 is 16.6 Å². The number of halogens is 2. The number of nitrogens with two attached hydrogens (primary N) is 1. The number of ether oxygens (including phenoxy) is 1. The predicted octanol–water partition coefficient (Wildman–Crippen LogP) is 1.55. The molecule has 20 heavy (non-hydrogen) atoms. The minimum atomic E-state index is -0.904. The molecule has 1 amide bonds. The number of benzene rings is 1. The summed E-state index contributed by atoms with van der Waals surface area (Å²) < 4.78 is 32.2. The Morgan fingerprint density at radius 1 is 1.35 bits per heavy atom. The molecule has 0 bridgehead atoms. The molecule has 1 fully saturated rings. The topological polar surface area (TPSA) is 76.4 Å². The summed E-state index contributed by atoms with van der Waals surface area (Å²) in [5.41, 5.74) is 1.39. The number of nitrogen functional groups attached to an aromatic ring is 1. The Bertz CT molecular complexity index is 487. The van der Waals surface area contributed by atoms with E-state index in [4.69, 9.17) is 10.6 Å². The minimum Gasteiger partial charge on any atom is -0.381 e. The summed E-state index contributed by atoms with van der Waals surface area (Å²) >= 11 is 0. The highest BCUT2D eigenvalue weighted by molar-refractivity contribution is 5.94. The van der Waals surface area contributed by atoms with Crippen LogP contribution in [0.2, 0.25) is 0 Å². The van der Waals surface area contributed by atoms with E-state index in [2.05, 4.69) is 5.32 Å². The van der Waals surface area contributed by atoms with Crippen LogP contribution in [0.25, 0.3) is 0 Å². The highest BCUT2D eigenvalue weighted by Crippen LogP contribution is 2.23. The fourth-order valence-corrected chi connectivity index (χ4v) is 2.40. The number of hydrogen-bond acceptors (Lipinski definition) is 4. The lowest BCUT2D eigenvalue weighted by molar-refractivity contribution is 0.0914. The summed E-state index contributed by atoms with van der Waals surface area (Å²) in [6.45, 7) is 0. The quantitative estimate of drug-likeness (QED) is 0.579. The van der Waals surface area contributed by atoms with Crippen LogP contribution in [0, 0.1) is 11.6 Å². The first-order valence-corrected chi connectivity index (χ1v) is 6.34. The normalized spacial score (nSPS) is 21.8. The number of nitrogens with one attached hydrogen (secondary N) is 2. The number of hydrazine groups is 1. The van der Waals surface area contributed by atoms with E-state index in [1.165, 1.54) is 0 Å². The van der Waals surface area contributed by atoms with Gasteiger partial charge in [0.15, 0.2) is 11.6 Å². The van der Waals surface area contributed by atoms with E-state index in [0.29, 0.717) is 6.42 Å². The maximum Gasteiger partial charge on any atom is 0.251 e. The number of carbonyl (C=O) groups is 1. The van der Waals surface area contributed by atoms with Crippen LogP contribution in [0.1, 0.15) is 29.6 Å². The van der Waals surface area contributed by atoms with E-state index < -0.39 is 23.2 Å². The Labute approximate surface area is 115 Å². The Morgan fingerprint density at radius 2 is 2.00 bits per heavy atom. The molecule has 0 radical (unpaired) electrons. The van der Waals surface area contributed by atoms with Gasteiger partial charge in [-0.25, -0.2) is 8.78 Å². The van der Waals surface area contributed by atoms with Crippen molar-refractivity contribution in [2.24, 2.45) is 5.84 Å². The van der Waals surface area contributed by atoms with Crippen molar-refractivity contribution < 1.29 is 18.3 Å². The molecule has 2 unspecified atom stereocenters. The predicted molar refractivity (Wildman–Crippen MR) is 70.1 cm³/mol. The standard InChI is InChI=1S/C13H17F2N3O2/c1-20-9-3-2-8(6-9)17-13(19)7-4-10(14)12(18-16)11(15)5-7/h4-5,8-9,18H,2-3,6,16H2,1H3,(H,17,19). The maximum absolute atomic E-state index is 13.5. The van der Waals surface area contributed by atoms with Gasteiger partial charge in [-0.15, -0.1) is 0 Å². The fourth-order valence-electron chi connectivity index (χ4n) is 2.40. The Hall–Kier alpha value is -1.73. The van der Waals surface area contributed by atoms with E-state index in [9.17, 15) is 13.6 Å². The van der Waals surface area contributed by atoms with E-state index in [1.807, 2.05) is 5.43 Å². The van der Waals surface area contributed by atoms with Gasteiger partial charge in [-0.05, 0) is 31.4 Å². The van der Waals surface area contributed by atoms with Crippen molar-refractivity contribution in [3.63, 3.8) is 0 Å². The number of amides is 1. The average Bonchev–Trinajstić information content (AvgIpc) is 2.86. The van der Waals surface area contributed by atoms with Crippen LogP contribution in [-0.2, 0) is 4.74 Å². The van der Waals surface area contributed by atoms with Crippen molar-refractivity contribution in [3.05, 3.63) is 29.3 Å². The molecule has 5 nitrogen and oxygen atoms in total. The first kappa shape index (κ1) is 14.7. The monoisotopic (exact) mass is 285 g/mol. The van der Waals surface area contributed by atoms with Gasteiger partial charge in [0, 0.05) is 18.7 Å². The van der Waals surface area contributed by atoms with Crippen LogP contribution in [0.15, 0.2) is 12.1 Å². The summed E-state index contributed by atoms with van der Waals surface area (Å²) in [5.74, 6) is 2.68. The Balaban J connectivity index is 2.06. The molecule has 0 aliphatic heterocycles. The fraction of sp³-hybridized carbons (Fsp3) is 0.462. The van der Waals surface area contributed by atoms with Gasteiger partial charge in [0.05, 0.1) is 6.10 Å². The summed E-state index contributed by atoms with van der Waals surface area (Å²) in [6, 6.07) is 1.87. The second kappa shape index (κ2) is 6.15. The van der Waals surface area contributed by atoms with Crippen molar-refractivity contribution in [1.82, 2.24) is 5.32 Å². The molecule has 1 aromatic carbocycles. The third kappa shape index (κ3) is 3.05. The lowest BCUT2D eigenvalue weighted by atomic mass is 10.1. The van der Waals surface area contributed by atoms with Crippen molar-refractivity contribution in [1.29, 1.82) is 0 Å². The largest absolute Gasteiger partial charge is 0.381 e. The van der Waals surface area contributed by atoms with E-state index in [1.54, 1.807) is 7.11 Å². The van der Waals surface area contributed by atoms with E-state index in [-0.39, 0.29) is 17.7 Å². The summed E-state index contributed by atoms with van der Waals surface area (Å²) in [7, 11) is 1.62. The number of methoxy groups -OCH3 is 1. The molecule has 1 aromatic rings. The van der Waals surface area contributed by atoms with Gasteiger partial charge in [-0.1, -0.05) is 0 Å². The van der Waals surface area contributed by atoms with Crippen LogP contribution in [-0.4, -0.2) is 25.2 Å². The zero-order chi connectivity index (χ0) is 14.7. The zero-order valence-corrected chi connectivity index (χ0v) is 11.1. The van der Waals surface area contributed by atoms with Gasteiger partial charge in [-0.2, -0.15) is 0 Å². The van der Waals surface area contributed by atoms with E-state index >= 15 is 0 Å². The molecule has 110 valence electrons. The van der Waals surface area contributed by atoms with Crippen LogP contribution >= 0.6 is 0 Å². The van der Waals surface area contributed by atoms with Gasteiger partial charge in [-0.3, -0.25) is 10.6 Å². The minimum absolute atomic E-state index is 0.0362. The molecule has 4 N–H and O–H groups in total. The maximum atomic E-state index is 13.5. The number of anilines is 1. The Morgan fingerprint density at radius 3 is 2.50 bits per heavy atom. The van der Waals surface area contributed by atoms with Gasteiger partial charge in [0.25, 0.3) is 5.91 Å². The van der Waals surface area contributed by atoms with Gasteiger partial charge >= 0.3 is 0 Å². The number of rotatable bonds is 4. The van der Waals surface area contributed by atoms with Crippen LogP contribution in [0.5, 0.6) is 0 Å². The van der Waals surface area contributed by atoms with Crippen molar-refractivity contribution in [3.8, 4) is 0 Å². The van der Waals surface area contributed by atoms with Crippen molar-refractivity contribution in [2.75, 3.05) is 12.5 Å². The molecule has 0 heterocycles. The summed E-state index contributed by atoms with van der Waals surface area (Å²) in [5, 5.41) is 2.75. The van der Waals surface area contributed by atoms with Crippen molar-refractivity contribution in [2.45, 2.75) is 31.4 Å². The second-order valence-corrected chi connectivity index (χ2v) is 4.80. The van der Waals surface area contributed by atoms with E-state index in [0.717, 1.165) is 25.0 Å². The summed E-state index contributed by atoms with van der Waals surface area (Å²) in [6.07, 6.45) is 2.48. The van der Waals surface area contributed by atoms with Crippen LogP contribution in [0.3, 0.4) is 0 Å².